The van der Waals surface area contributed by atoms with E-state index in [0.717, 1.165) is 0 Å². The van der Waals surface area contributed by atoms with Gasteiger partial charge in [0.15, 0.2) is 10.7 Å². The lowest BCUT2D eigenvalue weighted by atomic mass is 10.4. The standard InChI is InChI=1S/C10H13N5O2S/c1-7-9(10(11)13-15(7)2)18(16,17)14-8-3-5-12-6-4-8/h3-6H,1-2H3,(H2,11,13)(H,12,14). The fourth-order valence-corrected chi connectivity index (χ4v) is 2.96. The van der Waals surface area contributed by atoms with Crippen LogP contribution in [0, 0.1) is 6.92 Å². The Labute approximate surface area is 105 Å². The second kappa shape index (κ2) is 4.30. The Kier molecular flexibility index (Phi) is 2.95. The highest BCUT2D eigenvalue weighted by Crippen LogP contribution is 2.23. The molecule has 8 heteroatoms. The number of nitrogen functional groups attached to an aromatic ring is 1. The van der Waals surface area contributed by atoms with Crippen LogP contribution in [0.4, 0.5) is 11.5 Å². The van der Waals surface area contributed by atoms with Gasteiger partial charge in [-0.05, 0) is 19.1 Å². The summed E-state index contributed by atoms with van der Waals surface area (Å²) in [5.41, 5.74) is 6.52. The van der Waals surface area contributed by atoms with Crippen LogP contribution < -0.4 is 10.5 Å². The lowest BCUT2D eigenvalue weighted by Crippen LogP contribution is -2.15. The number of nitrogens with zero attached hydrogens (tertiary/aromatic N) is 3. The molecule has 0 unspecified atom stereocenters. The van der Waals surface area contributed by atoms with E-state index in [2.05, 4.69) is 14.8 Å². The van der Waals surface area contributed by atoms with Gasteiger partial charge in [0.25, 0.3) is 10.0 Å². The largest absolute Gasteiger partial charge is 0.381 e. The van der Waals surface area contributed by atoms with Crippen molar-refractivity contribution in [3.8, 4) is 0 Å². The number of nitrogens with one attached hydrogen (secondary N) is 1. The molecule has 0 aliphatic rings. The van der Waals surface area contributed by atoms with Gasteiger partial charge in [-0.25, -0.2) is 8.42 Å². The van der Waals surface area contributed by atoms with Crippen molar-refractivity contribution in [1.29, 1.82) is 0 Å². The highest BCUT2D eigenvalue weighted by molar-refractivity contribution is 7.93. The van der Waals surface area contributed by atoms with Gasteiger partial charge in [-0.1, -0.05) is 0 Å². The van der Waals surface area contributed by atoms with Crippen molar-refractivity contribution in [3.05, 3.63) is 30.2 Å². The summed E-state index contributed by atoms with van der Waals surface area (Å²) in [7, 11) is -2.10. The number of aromatic nitrogens is 3. The molecule has 0 atom stereocenters. The number of sulfonamides is 1. The molecule has 2 aromatic rings. The molecule has 0 saturated heterocycles. The van der Waals surface area contributed by atoms with E-state index in [1.165, 1.54) is 17.1 Å². The van der Waals surface area contributed by atoms with E-state index in [4.69, 9.17) is 5.73 Å². The normalized spacial score (nSPS) is 11.4. The Balaban J connectivity index is 2.43. The Hall–Kier alpha value is -2.09. The van der Waals surface area contributed by atoms with Crippen LogP contribution in [0.15, 0.2) is 29.4 Å². The minimum absolute atomic E-state index is 0.00168. The predicted octanol–water partition coefficient (Wildman–Crippen LogP) is 0.507. The summed E-state index contributed by atoms with van der Waals surface area (Å²) >= 11 is 0. The smallest absolute Gasteiger partial charge is 0.267 e. The SMILES string of the molecule is Cc1c(S(=O)(=O)Nc2ccncc2)c(N)nn1C. The minimum atomic E-state index is -3.74. The van der Waals surface area contributed by atoms with Gasteiger partial charge in [0.05, 0.1) is 11.4 Å². The molecule has 18 heavy (non-hydrogen) atoms. The molecule has 2 aromatic heterocycles. The van der Waals surface area contributed by atoms with Gasteiger partial charge in [-0.15, -0.1) is 0 Å². The highest BCUT2D eigenvalue weighted by Gasteiger charge is 2.24. The summed E-state index contributed by atoms with van der Waals surface area (Å²) in [6.45, 7) is 1.64. The number of hydrogen-bond donors (Lipinski definition) is 2. The maximum absolute atomic E-state index is 12.2. The van der Waals surface area contributed by atoms with E-state index in [0.29, 0.717) is 11.4 Å². The van der Waals surface area contributed by atoms with Gasteiger partial charge < -0.3 is 5.73 Å². The van der Waals surface area contributed by atoms with Gasteiger partial charge in [0.2, 0.25) is 0 Å². The molecule has 2 rings (SSSR count). The van der Waals surface area contributed by atoms with Crippen LogP contribution in [0.2, 0.25) is 0 Å². The Morgan fingerprint density at radius 2 is 1.94 bits per heavy atom. The van der Waals surface area contributed by atoms with E-state index in [-0.39, 0.29) is 10.7 Å². The molecule has 0 saturated carbocycles. The quantitative estimate of drug-likeness (QED) is 0.843. The second-order valence-electron chi connectivity index (χ2n) is 3.76. The minimum Gasteiger partial charge on any atom is -0.381 e. The fraction of sp³-hybridized carbons (Fsp3) is 0.200. The van der Waals surface area contributed by atoms with Gasteiger partial charge in [0.1, 0.15) is 0 Å². The van der Waals surface area contributed by atoms with Crippen molar-refractivity contribution in [2.45, 2.75) is 11.8 Å². The zero-order chi connectivity index (χ0) is 13.3. The van der Waals surface area contributed by atoms with Crippen LogP contribution in [-0.4, -0.2) is 23.2 Å². The van der Waals surface area contributed by atoms with E-state index < -0.39 is 10.0 Å². The van der Waals surface area contributed by atoms with E-state index >= 15 is 0 Å². The first kappa shape index (κ1) is 12.4. The average Bonchev–Trinajstić information content (AvgIpc) is 2.54. The Morgan fingerprint density at radius 1 is 1.33 bits per heavy atom. The van der Waals surface area contributed by atoms with Crippen LogP contribution in [-0.2, 0) is 17.1 Å². The van der Waals surface area contributed by atoms with Crippen molar-refractivity contribution in [2.24, 2.45) is 7.05 Å². The summed E-state index contributed by atoms with van der Waals surface area (Å²) in [5, 5.41) is 3.88. The van der Waals surface area contributed by atoms with Gasteiger partial charge in [-0.2, -0.15) is 5.10 Å². The van der Waals surface area contributed by atoms with E-state index in [1.807, 2.05) is 0 Å². The summed E-state index contributed by atoms with van der Waals surface area (Å²) in [6, 6.07) is 3.11. The molecule has 0 bridgehead atoms. The molecule has 0 aliphatic heterocycles. The lowest BCUT2D eigenvalue weighted by molar-refractivity contribution is 0.600. The van der Waals surface area contributed by atoms with Crippen molar-refractivity contribution >= 4 is 21.5 Å². The molecular weight excluding hydrogens is 254 g/mol. The number of hydrogen-bond acceptors (Lipinski definition) is 5. The summed E-state index contributed by atoms with van der Waals surface area (Å²) in [6.07, 6.45) is 2.99. The van der Waals surface area contributed by atoms with Crippen LogP contribution >= 0.6 is 0 Å². The van der Waals surface area contributed by atoms with Crippen molar-refractivity contribution in [1.82, 2.24) is 14.8 Å². The zero-order valence-corrected chi connectivity index (χ0v) is 10.8. The molecule has 7 nitrogen and oxygen atoms in total. The molecule has 0 aliphatic carbocycles. The van der Waals surface area contributed by atoms with Crippen LogP contribution in [0.5, 0.6) is 0 Å². The molecule has 96 valence electrons. The Bertz CT molecular complexity index is 663. The second-order valence-corrected chi connectivity index (χ2v) is 5.38. The van der Waals surface area contributed by atoms with Crippen LogP contribution in [0.1, 0.15) is 5.69 Å². The maximum atomic E-state index is 12.2. The summed E-state index contributed by atoms with van der Waals surface area (Å²) in [4.78, 5) is 3.81. The first-order valence-corrected chi connectivity index (χ1v) is 6.62. The third-order valence-electron chi connectivity index (χ3n) is 2.51. The number of aryl methyl sites for hydroxylation is 1. The number of rotatable bonds is 3. The first-order chi connectivity index (χ1) is 8.42. The maximum Gasteiger partial charge on any atom is 0.267 e. The van der Waals surface area contributed by atoms with Crippen molar-refractivity contribution in [3.63, 3.8) is 0 Å². The van der Waals surface area contributed by atoms with E-state index in [9.17, 15) is 8.42 Å². The third kappa shape index (κ3) is 2.14. The van der Waals surface area contributed by atoms with Crippen molar-refractivity contribution < 1.29 is 8.42 Å². The summed E-state index contributed by atoms with van der Waals surface area (Å²) < 4.78 is 28.2. The van der Waals surface area contributed by atoms with E-state index in [1.54, 1.807) is 26.1 Å². The monoisotopic (exact) mass is 267 g/mol. The average molecular weight is 267 g/mol. The lowest BCUT2D eigenvalue weighted by Gasteiger charge is -2.07. The molecule has 0 radical (unpaired) electrons. The predicted molar refractivity (Wildman–Crippen MR) is 67.4 cm³/mol. The van der Waals surface area contributed by atoms with Crippen molar-refractivity contribution in [2.75, 3.05) is 10.5 Å². The van der Waals surface area contributed by atoms with Crippen LogP contribution in [0.3, 0.4) is 0 Å². The molecule has 0 spiro atoms. The fourth-order valence-electron chi connectivity index (χ4n) is 1.57. The molecule has 3 N–H and O–H groups in total. The third-order valence-corrected chi connectivity index (χ3v) is 4.05. The topological polar surface area (TPSA) is 103 Å². The molecule has 0 fully saturated rings. The number of anilines is 2. The molecule has 0 amide bonds. The number of nitrogens with two attached hydrogens (primary N) is 1. The molecular formula is C10H13N5O2S. The first-order valence-electron chi connectivity index (χ1n) is 5.14. The van der Waals surface area contributed by atoms with Gasteiger partial charge >= 0.3 is 0 Å². The molecule has 0 aromatic carbocycles. The van der Waals surface area contributed by atoms with Crippen LogP contribution in [0.25, 0.3) is 0 Å². The molecule has 2 heterocycles. The number of pyridine rings is 1. The Morgan fingerprint density at radius 3 is 2.44 bits per heavy atom. The van der Waals surface area contributed by atoms with Gasteiger partial charge in [-0.3, -0.25) is 14.4 Å². The highest BCUT2D eigenvalue weighted by atomic mass is 32.2. The van der Waals surface area contributed by atoms with Gasteiger partial charge in [0, 0.05) is 19.4 Å². The zero-order valence-electron chi connectivity index (χ0n) is 9.95. The summed E-state index contributed by atoms with van der Waals surface area (Å²) in [5.74, 6) is -0.0171.